The number of unbranched alkanes of at least 4 members (excludes halogenated alkanes) is 2. The normalized spacial score (nSPS) is 15.1. The fraction of sp³-hybridized carbons (Fsp3) is 0.452. The molecule has 2 heterocycles. The molecule has 48 heavy (non-hydrogen) atoms. The fourth-order valence-corrected chi connectivity index (χ4v) is 7.46. The molecule has 0 amide bonds. The van der Waals surface area contributed by atoms with Crippen LogP contribution in [0.15, 0.2) is 42.2 Å². The van der Waals surface area contributed by atoms with Crippen molar-refractivity contribution in [2.45, 2.75) is 65.7 Å². The van der Waals surface area contributed by atoms with Crippen LogP contribution in [0.1, 0.15) is 56.5 Å². The average molecular weight is 755 g/mol. The predicted molar refractivity (Wildman–Crippen MR) is 183 cm³/mol. The second-order valence-electron chi connectivity index (χ2n) is 11.4. The molecule has 0 spiro atoms. The van der Waals surface area contributed by atoms with Gasteiger partial charge in [-0.25, -0.2) is 9.13 Å². The zero-order valence-corrected chi connectivity index (χ0v) is 29.8. The number of aryl methyl sites for hydroxylation is 3. The number of fused-ring (bicyclic) bond motifs is 2. The minimum Gasteiger partial charge on any atom is -0.326 e. The van der Waals surface area contributed by atoms with Crippen molar-refractivity contribution in [3.63, 3.8) is 0 Å². The lowest BCUT2D eigenvalue weighted by atomic mass is 10.1. The van der Waals surface area contributed by atoms with E-state index in [9.17, 15) is 39.1 Å². The Bertz CT molecular complexity index is 1960. The van der Waals surface area contributed by atoms with E-state index in [4.69, 9.17) is 23.2 Å². The highest BCUT2D eigenvalue weighted by Crippen LogP contribution is 2.44. The first-order valence-electron chi connectivity index (χ1n) is 15.3. The van der Waals surface area contributed by atoms with E-state index in [1.54, 1.807) is 16.7 Å². The van der Waals surface area contributed by atoms with Gasteiger partial charge in [0.1, 0.15) is 5.82 Å². The molecule has 0 bridgehead atoms. The standard InChI is InChI=1S/C31H37Cl2F3N4O6S2/c1-4-37-27-19-23(32)21(3)17-25(27)39(13-6-8-15-47(41,42)43)29(37)11-10-12-30-38(5-2)28-20-24(33)22(31(34,35)36)18-26(28)40(30)14-7-9-16-48(44,45)46/h10-12,17-20H,4-9,13-16H2,1-3H3,(H-,41,42,43,44,45,46)/p+1. The summed E-state index contributed by atoms with van der Waals surface area (Å²) in [5.74, 6) is 0.464. The van der Waals surface area contributed by atoms with Crippen molar-refractivity contribution in [3.05, 3.63) is 69.2 Å². The number of nitrogens with zero attached hydrogens (tertiary/aromatic N) is 4. The minimum atomic E-state index is -4.70. The summed E-state index contributed by atoms with van der Waals surface area (Å²) in [5.41, 5.74) is 2.32. The lowest BCUT2D eigenvalue weighted by molar-refractivity contribution is -0.674. The van der Waals surface area contributed by atoms with E-state index in [0.717, 1.165) is 28.8 Å². The molecular formula is C31H38Cl2F3N4O6S2+. The molecule has 0 saturated carbocycles. The Balaban J connectivity index is 1.80. The largest absolute Gasteiger partial charge is 0.418 e. The number of benzene rings is 2. The highest BCUT2D eigenvalue weighted by molar-refractivity contribution is 7.86. The Morgan fingerprint density at radius 1 is 0.854 bits per heavy atom. The first-order chi connectivity index (χ1) is 22.4. The van der Waals surface area contributed by atoms with E-state index >= 15 is 0 Å². The van der Waals surface area contributed by atoms with Gasteiger partial charge in [-0.2, -0.15) is 30.0 Å². The van der Waals surface area contributed by atoms with E-state index in [2.05, 4.69) is 0 Å². The summed E-state index contributed by atoms with van der Waals surface area (Å²) in [6.45, 7) is 7.24. The third-order valence-corrected chi connectivity index (χ3v) is 10.4. The van der Waals surface area contributed by atoms with Gasteiger partial charge >= 0.3 is 6.18 Å². The maximum absolute atomic E-state index is 13.9. The summed E-state index contributed by atoms with van der Waals surface area (Å²) < 4.78 is 109. The van der Waals surface area contributed by atoms with Crippen molar-refractivity contribution in [1.82, 2.24) is 4.57 Å². The van der Waals surface area contributed by atoms with Gasteiger partial charge in [0.15, 0.2) is 11.0 Å². The highest BCUT2D eigenvalue weighted by Gasteiger charge is 2.36. The summed E-state index contributed by atoms with van der Waals surface area (Å²) >= 11 is 12.6. The second kappa shape index (κ2) is 15.0. The minimum absolute atomic E-state index is 0.0930. The Kier molecular flexibility index (Phi) is 11.8. The number of halogens is 5. The molecule has 0 saturated heterocycles. The Labute approximate surface area is 288 Å². The number of allylic oxidation sites excluding steroid dienone is 2. The molecule has 0 fully saturated rings. The van der Waals surface area contributed by atoms with Crippen LogP contribution >= 0.6 is 23.2 Å². The Hall–Kier alpha value is -2.82. The van der Waals surface area contributed by atoms with Gasteiger partial charge in [-0.3, -0.25) is 9.11 Å². The van der Waals surface area contributed by atoms with Gasteiger partial charge in [0.05, 0.1) is 46.6 Å². The molecule has 264 valence electrons. The average Bonchev–Trinajstić information content (AvgIpc) is 3.41. The van der Waals surface area contributed by atoms with Crippen LogP contribution < -0.4 is 14.4 Å². The molecule has 0 aliphatic carbocycles. The van der Waals surface area contributed by atoms with Crippen molar-refractivity contribution in [1.29, 1.82) is 0 Å². The van der Waals surface area contributed by atoms with Crippen molar-refractivity contribution in [2.24, 2.45) is 0 Å². The molecule has 2 aromatic carbocycles. The lowest BCUT2D eigenvalue weighted by Gasteiger charge is -2.24. The predicted octanol–water partition coefficient (Wildman–Crippen LogP) is 7.12. The summed E-state index contributed by atoms with van der Waals surface area (Å²) in [6.07, 6.45) is 1.72. The van der Waals surface area contributed by atoms with E-state index in [-0.39, 0.29) is 37.1 Å². The molecule has 1 aliphatic rings. The van der Waals surface area contributed by atoms with Crippen molar-refractivity contribution in [2.75, 3.05) is 34.4 Å². The molecule has 17 heteroatoms. The van der Waals surface area contributed by atoms with Gasteiger partial charge in [0, 0.05) is 36.3 Å². The van der Waals surface area contributed by atoms with Crippen LogP contribution in [0, 0.1) is 6.92 Å². The molecule has 4 rings (SSSR count). The summed E-state index contributed by atoms with van der Waals surface area (Å²) in [6, 6.07) is 6.09. The Morgan fingerprint density at radius 3 is 2.06 bits per heavy atom. The summed E-state index contributed by atoms with van der Waals surface area (Å²) in [7, 11) is -8.31. The van der Waals surface area contributed by atoms with Gasteiger partial charge in [0.2, 0.25) is 0 Å². The maximum Gasteiger partial charge on any atom is 0.418 e. The van der Waals surface area contributed by atoms with Crippen LogP contribution in [-0.4, -0.2) is 55.1 Å². The number of imidazole rings is 1. The van der Waals surface area contributed by atoms with Gasteiger partial charge < -0.3 is 9.80 Å². The van der Waals surface area contributed by atoms with Crippen LogP contribution in [0.25, 0.3) is 17.1 Å². The number of rotatable bonds is 14. The smallest absolute Gasteiger partial charge is 0.326 e. The molecule has 0 atom stereocenters. The number of hydrogen-bond donors (Lipinski definition) is 2. The number of alkyl halides is 3. The second-order valence-corrected chi connectivity index (χ2v) is 15.4. The van der Waals surface area contributed by atoms with Crippen molar-refractivity contribution in [3.8, 4) is 0 Å². The quantitative estimate of drug-likeness (QED) is 0.101. The van der Waals surface area contributed by atoms with Crippen LogP contribution in [0.5, 0.6) is 0 Å². The topological polar surface area (TPSA) is 124 Å². The van der Waals surface area contributed by atoms with E-state index in [1.165, 1.54) is 6.07 Å². The van der Waals surface area contributed by atoms with E-state index in [0.29, 0.717) is 42.4 Å². The maximum atomic E-state index is 13.9. The fourth-order valence-electron chi connectivity index (χ4n) is 5.90. The lowest BCUT2D eigenvalue weighted by Crippen LogP contribution is -2.37. The first-order valence-corrected chi connectivity index (χ1v) is 19.3. The number of aromatic nitrogens is 2. The monoisotopic (exact) mass is 753 g/mol. The molecule has 1 aromatic heterocycles. The first kappa shape index (κ1) is 38.0. The van der Waals surface area contributed by atoms with E-state index < -0.39 is 42.8 Å². The molecular weight excluding hydrogens is 716 g/mol. The van der Waals surface area contributed by atoms with Gasteiger partial charge in [-0.15, -0.1) is 0 Å². The zero-order valence-electron chi connectivity index (χ0n) is 26.6. The SMILES string of the molecule is CCN1C(=CC=Cc2n(CC)c3cc(Cl)c(C(F)(F)F)cc3[n+]2CCCCS(=O)(=O)O)N(CCCCS(=O)(=O)O)c2cc(C)c(Cl)cc21. The van der Waals surface area contributed by atoms with Crippen molar-refractivity contribution < 1.29 is 43.7 Å². The van der Waals surface area contributed by atoms with Crippen molar-refractivity contribution >= 4 is 71.9 Å². The van der Waals surface area contributed by atoms with Crippen LogP contribution in [-0.2, 0) is 39.5 Å². The number of hydrogen-bond acceptors (Lipinski definition) is 6. The van der Waals surface area contributed by atoms with Gasteiger partial charge in [0.25, 0.3) is 26.1 Å². The molecule has 10 nitrogen and oxygen atoms in total. The van der Waals surface area contributed by atoms with Crippen LogP contribution in [0.2, 0.25) is 10.0 Å². The van der Waals surface area contributed by atoms with Gasteiger partial charge in [-0.1, -0.05) is 29.3 Å². The van der Waals surface area contributed by atoms with Gasteiger partial charge in [-0.05, 0) is 70.2 Å². The molecule has 2 N–H and O–H groups in total. The summed E-state index contributed by atoms with van der Waals surface area (Å²) in [5, 5.41) is 0.133. The van der Waals surface area contributed by atoms with Crippen LogP contribution in [0.3, 0.4) is 0 Å². The molecule has 3 aromatic rings. The number of anilines is 2. The van der Waals surface area contributed by atoms with E-state index in [1.807, 2.05) is 53.3 Å². The van der Waals surface area contributed by atoms with Crippen LogP contribution in [0.4, 0.5) is 24.5 Å². The highest BCUT2D eigenvalue weighted by atomic mass is 35.5. The molecule has 1 aliphatic heterocycles. The Morgan fingerprint density at radius 2 is 1.48 bits per heavy atom. The zero-order chi connectivity index (χ0) is 35.6. The molecule has 0 radical (unpaired) electrons. The molecule has 0 unspecified atom stereocenters. The summed E-state index contributed by atoms with van der Waals surface area (Å²) in [4.78, 5) is 4.08. The third-order valence-electron chi connectivity index (χ3n) is 8.09. The third kappa shape index (κ3) is 8.85.